The minimum atomic E-state index is -0.470. The molecule has 0 bridgehead atoms. The molecule has 0 fully saturated rings. The molecular formula is C12H6Cl3N5O. The van der Waals surface area contributed by atoms with Crippen LogP contribution in [0.4, 0.5) is 5.95 Å². The third-order valence-electron chi connectivity index (χ3n) is 2.64. The van der Waals surface area contributed by atoms with Gasteiger partial charge >= 0.3 is 0 Å². The minimum absolute atomic E-state index is 0.0376. The van der Waals surface area contributed by atoms with Crippen LogP contribution in [-0.2, 0) is 0 Å². The van der Waals surface area contributed by atoms with Gasteiger partial charge in [0, 0.05) is 5.02 Å². The zero-order valence-electron chi connectivity index (χ0n) is 10.2. The Morgan fingerprint density at radius 2 is 2.00 bits per heavy atom. The molecule has 2 N–H and O–H groups in total. The molecular weight excluding hydrogens is 337 g/mol. The van der Waals surface area contributed by atoms with Crippen molar-refractivity contribution in [2.24, 2.45) is 0 Å². The molecule has 0 saturated heterocycles. The molecule has 0 aliphatic heterocycles. The van der Waals surface area contributed by atoms with Crippen molar-refractivity contribution < 1.29 is 4.79 Å². The Hall–Kier alpha value is -1.89. The number of imidazole rings is 1. The number of anilines is 1. The Balaban J connectivity index is 1.92. The van der Waals surface area contributed by atoms with E-state index in [4.69, 9.17) is 34.8 Å². The number of carbonyl (C=O) groups is 1. The fourth-order valence-corrected chi connectivity index (χ4v) is 2.41. The highest BCUT2D eigenvalue weighted by atomic mass is 35.5. The van der Waals surface area contributed by atoms with Crippen molar-refractivity contribution in [3.63, 3.8) is 0 Å². The second kappa shape index (κ2) is 5.48. The van der Waals surface area contributed by atoms with E-state index in [2.05, 4.69) is 25.3 Å². The van der Waals surface area contributed by atoms with Gasteiger partial charge in [-0.2, -0.15) is 9.97 Å². The van der Waals surface area contributed by atoms with Gasteiger partial charge in [0.05, 0.1) is 16.9 Å². The fraction of sp³-hybridized carbons (Fsp3) is 0. The molecule has 106 valence electrons. The molecule has 0 atom stereocenters. The normalized spacial score (nSPS) is 10.8. The number of benzene rings is 1. The van der Waals surface area contributed by atoms with Crippen LogP contribution in [0.3, 0.4) is 0 Å². The summed E-state index contributed by atoms with van der Waals surface area (Å²) in [5.74, 6) is -0.432. The van der Waals surface area contributed by atoms with E-state index < -0.39 is 5.91 Å². The summed E-state index contributed by atoms with van der Waals surface area (Å²) in [4.78, 5) is 26.9. The summed E-state index contributed by atoms with van der Waals surface area (Å²) in [5, 5.41) is 3.34. The maximum atomic E-state index is 12.1. The van der Waals surface area contributed by atoms with Gasteiger partial charge in [-0.1, -0.05) is 34.8 Å². The molecule has 2 aromatic heterocycles. The summed E-state index contributed by atoms with van der Waals surface area (Å²) in [5.41, 5.74) is 1.11. The highest BCUT2D eigenvalue weighted by Crippen LogP contribution is 2.22. The molecule has 0 aliphatic carbocycles. The number of rotatable bonds is 2. The number of aromatic nitrogens is 4. The standard InChI is InChI=1S/C12H6Cl3N5O/c13-5-1-2-6(7(14)3-5)11(21)20-12-18-9(15)8-10(19-12)17-4-16-8/h1-4H,(H2,16,17,18,19,20,21). The first kappa shape index (κ1) is 14.1. The van der Waals surface area contributed by atoms with Gasteiger partial charge in [-0.05, 0) is 18.2 Å². The first-order chi connectivity index (χ1) is 10.0. The van der Waals surface area contributed by atoms with Crippen LogP contribution in [0.5, 0.6) is 0 Å². The van der Waals surface area contributed by atoms with Gasteiger partial charge in [-0.25, -0.2) is 4.98 Å². The van der Waals surface area contributed by atoms with E-state index in [-0.39, 0.29) is 21.7 Å². The van der Waals surface area contributed by atoms with E-state index in [9.17, 15) is 4.79 Å². The van der Waals surface area contributed by atoms with Gasteiger partial charge in [-0.3, -0.25) is 10.1 Å². The maximum absolute atomic E-state index is 12.1. The zero-order chi connectivity index (χ0) is 15.0. The Labute approximate surface area is 133 Å². The molecule has 21 heavy (non-hydrogen) atoms. The summed E-state index contributed by atoms with van der Waals surface area (Å²) in [6.45, 7) is 0. The second-order valence-electron chi connectivity index (χ2n) is 4.02. The van der Waals surface area contributed by atoms with E-state index in [1.807, 2.05) is 0 Å². The number of nitrogens with zero attached hydrogens (tertiary/aromatic N) is 3. The van der Waals surface area contributed by atoms with Crippen LogP contribution < -0.4 is 5.32 Å². The maximum Gasteiger partial charge on any atom is 0.259 e. The van der Waals surface area contributed by atoms with Crippen LogP contribution in [0.1, 0.15) is 10.4 Å². The number of nitrogens with one attached hydrogen (secondary N) is 2. The number of hydrogen-bond acceptors (Lipinski definition) is 4. The summed E-state index contributed by atoms with van der Waals surface area (Å²) in [6.07, 6.45) is 1.44. The van der Waals surface area contributed by atoms with Gasteiger partial charge in [0.25, 0.3) is 5.91 Å². The summed E-state index contributed by atoms with van der Waals surface area (Å²) >= 11 is 17.7. The average molecular weight is 343 g/mol. The van der Waals surface area contributed by atoms with E-state index in [1.54, 1.807) is 6.07 Å². The Morgan fingerprint density at radius 1 is 1.19 bits per heavy atom. The Morgan fingerprint density at radius 3 is 2.76 bits per heavy atom. The minimum Gasteiger partial charge on any atom is -0.341 e. The SMILES string of the molecule is O=C(Nc1nc(Cl)c2[nH]cnc2n1)c1ccc(Cl)cc1Cl. The third-order valence-corrected chi connectivity index (χ3v) is 3.46. The highest BCUT2D eigenvalue weighted by molar-refractivity contribution is 6.37. The average Bonchev–Trinajstić information content (AvgIpc) is 2.87. The summed E-state index contributed by atoms with van der Waals surface area (Å²) in [7, 11) is 0. The molecule has 1 amide bonds. The zero-order valence-corrected chi connectivity index (χ0v) is 12.5. The lowest BCUT2D eigenvalue weighted by Gasteiger charge is -2.06. The van der Waals surface area contributed by atoms with Crippen molar-refractivity contribution >= 4 is 57.8 Å². The molecule has 9 heteroatoms. The number of halogens is 3. The van der Waals surface area contributed by atoms with E-state index in [0.29, 0.717) is 16.2 Å². The van der Waals surface area contributed by atoms with Crippen LogP contribution in [0.15, 0.2) is 24.5 Å². The molecule has 1 aromatic carbocycles. The second-order valence-corrected chi connectivity index (χ2v) is 5.22. The number of hydrogen-bond donors (Lipinski definition) is 2. The van der Waals surface area contributed by atoms with Crippen molar-refractivity contribution in [1.29, 1.82) is 0 Å². The lowest BCUT2D eigenvalue weighted by atomic mass is 10.2. The topological polar surface area (TPSA) is 83.6 Å². The molecule has 0 spiro atoms. The first-order valence-corrected chi connectivity index (χ1v) is 6.81. The van der Waals surface area contributed by atoms with Crippen LogP contribution in [0.2, 0.25) is 15.2 Å². The molecule has 0 aliphatic rings. The van der Waals surface area contributed by atoms with Crippen molar-refractivity contribution in [2.75, 3.05) is 5.32 Å². The van der Waals surface area contributed by atoms with Crippen molar-refractivity contribution in [3.8, 4) is 0 Å². The third kappa shape index (κ3) is 2.78. The molecule has 6 nitrogen and oxygen atoms in total. The smallest absolute Gasteiger partial charge is 0.259 e. The number of carbonyl (C=O) groups excluding carboxylic acids is 1. The van der Waals surface area contributed by atoms with Crippen LogP contribution in [0, 0.1) is 0 Å². The molecule has 0 unspecified atom stereocenters. The molecule has 2 heterocycles. The number of fused-ring (bicyclic) bond motifs is 1. The van der Waals surface area contributed by atoms with Crippen molar-refractivity contribution in [2.45, 2.75) is 0 Å². The number of amides is 1. The van der Waals surface area contributed by atoms with Gasteiger partial charge < -0.3 is 4.98 Å². The predicted molar refractivity (Wildman–Crippen MR) is 81.1 cm³/mol. The molecule has 3 rings (SSSR count). The predicted octanol–water partition coefficient (Wildman–Crippen LogP) is 3.57. The molecule has 0 radical (unpaired) electrons. The quantitative estimate of drug-likeness (QED) is 0.697. The summed E-state index contributed by atoms with van der Waals surface area (Å²) < 4.78 is 0. The number of H-pyrrole nitrogens is 1. The van der Waals surface area contributed by atoms with Crippen LogP contribution in [0.25, 0.3) is 11.2 Å². The molecule has 0 saturated carbocycles. The van der Waals surface area contributed by atoms with Crippen molar-refractivity contribution in [3.05, 3.63) is 45.3 Å². The highest BCUT2D eigenvalue weighted by Gasteiger charge is 2.14. The lowest BCUT2D eigenvalue weighted by Crippen LogP contribution is -2.14. The van der Waals surface area contributed by atoms with E-state index >= 15 is 0 Å². The first-order valence-electron chi connectivity index (χ1n) is 5.67. The van der Waals surface area contributed by atoms with Gasteiger partial charge in [0.2, 0.25) is 5.95 Å². The summed E-state index contributed by atoms with van der Waals surface area (Å²) in [6, 6.07) is 4.55. The van der Waals surface area contributed by atoms with Gasteiger partial charge in [0.1, 0.15) is 5.52 Å². The largest absolute Gasteiger partial charge is 0.341 e. The lowest BCUT2D eigenvalue weighted by molar-refractivity contribution is 0.102. The Kier molecular flexibility index (Phi) is 3.67. The van der Waals surface area contributed by atoms with Crippen LogP contribution >= 0.6 is 34.8 Å². The van der Waals surface area contributed by atoms with Gasteiger partial charge in [0.15, 0.2) is 10.8 Å². The Bertz CT molecular complexity index is 848. The molecule has 3 aromatic rings. The van der Waals surface area contributed by atoms with Crippen LogP contribution in [-0.4, -0.2) is 25.8 Å². The van der Waals surface area contributed by atoms with Gasteiger partial charge in [-0.15, -0.1) is 0 Å². The van der Waals surface area contributed by atoms with E-state index in [0.717, 1.165) is 0 Å². The monoisotopic (exact) mass is 341 g/mol. The van der Waals surface area contributed by atoms with E-state index in [1.165, 1.54) is 18.5 Å². The fourth-order valence-electron chi connectivity index (χ4n) is 1.70. The number of aromatic amines is 1. The van der Waals surface area contributed by atoms with Crippen molar-refractivity contribution in [1.82, 2.24) is 19.9 Å².